The van der Waals surface area contributed by atoms with Crippen molar-refractivity contribution in [1.29, 1.82) is 0 Å². The van der Waals surface area contributed by atoms with Crippen LogP contribution in [-0.2, 0) is 17.9 Å². The molecule has 2 aliphatic heterocycles. The van der Waals surface area contributed by atoms with E-state index in [-0.39, 0.29) is 25.2 Å². The number of amides is 2. The largest absolute Gasteiger partial charge is 0.483 e. The highest BCUT2D eigenvalue weighted by Crippen LogP contribution is 2.33. The van der Waals surface area contributed by atoms with Gasteiger partial charge in [-0.2, -0.15) is 0 Å². The van der Waals surface area contributed by atoms with Crippen LogP contribution < -0.4 is 19.5 Å². The van der Waals surface area contributed by atoms with E-state index in [1.807, 2.05) is 24.3 Å². The van der Waals surface area contributed by atoms with E-state index in [4.69, 9.17) is 25.8 Å². The van der Waals surface area contributed by atoms with Crippen molar-refractivity contribution in [3.05, 3.63) is 82.4 Å². The Morgan fingerprint density at radius 2 is 1.72 bits per heavy atom. The minimum atomic E-state index is -0.246. The van der Waals surface area contributed by atoms with E-state index in [1.165, 1.54) is 0 Å². The monoisotopic (exact) mass is 450 g/mol. The number of halogens is 1. The maximum absolute atomic E-state index is 12.7. The third kappa shape index (κ3) is 4.20. The summed E-state index contributed by atoms with van der Waals surface area (Å²) in [5.74, 6) is 1.63. The number of hydrogen-bond donors (Lipinski definition) is 1. The van der Waals surface area contributed by atoms with Crippen molar-refractivity contribution in [3.8, 4) is 17.2 Å². The van der Waals surface area contributed by atoms with Crippen molar-refractivity contribution in [1.82, 2.24) is 4.90 Å². The third-order valence-electron chi connectivity index (χ3n) is 5.30. The van der Waals surface area contributed by atoms with Crippen molar-refractivity contribution < 1.29 is 23.8 Å². The molecule has 0 radical (unpaired) electrons. The highest BCUT2D eigenvalue weighted by molar-refractivity contribution is 6.30. The molecule has 32 heavy (non-hydrogen) atoms. The predicted molar refractivity (Wildman–Crippen MR) is 118 cm³/mol. The first-order chi connectivity index (χ1) is 15.5. The number of fused-ring (bicyclic) bond motifs is 2. The fraction of sp³-hybridized carbons (Fsp3) is 0.167. The lowest BCUT2D eigenvalue weighted by atomic mass is 10.1. The van der Waals surface area contributed by atoms with Crippen LogP contribution in [0.2, 0.25) is 5.02 Å². The molecule has 8 heteroatoms. The molecule has 1 N–H and O–H groups in total. The molecule has 3 aromatic rings. The summed E-state index contributed by atoms with van der Waals surface area (Å²) in [7, 11) is 0. The molecular formula is C24H19ClN2O5. The van der Waals surface area contributed by atoms with E-state index in [0.717, 1.165) is 11.1 Å². The van der Waals surface area contributed by atoms with Crippen LogP contribution in [0.3, 0.4) is 0 Å². The molecule has 5 rings (SSSR count). The summed E-state index contributed by atoms with van der Waals surface area (Å²) in [4.78, 5) is 26.9. The normalized spacial score (nSPS) is 14.4. The van der Waals surface area contributed by atoms with Crippen LogP contribution in [0.1, 0.15) is 21.5 Å². The van der Waals surface area contributed by atoms with Gasteiger partial charge in [0, 0.05) is 34.9 Å². The molecule has 0 aromatic heterocycles. The highest BCUT2D eigenvalue weighted by atomic mass is 35.5. The molecule has 2 amide bonds. The zero-order valence-electron chi connectivity index (χ0n) is 17.0. The Balaban J connectivity index is 1.34. The van der Waals surface area contributed by atoms with E-state index < -0.39 is 0 Å². The van der Waals surface area contributed by atoms with Crippen LogP contribution in [0.25, 0.3) is 0 Å². The maximum Gasteiger partial charge on any atom is 0.261 e. The van der Waals surface area contributed by atoms with E-state index in [2.05, 4.69) is 5.32 Å². The summed E-state index contributed by atoms with van der Waals surface area (Å²) >= 11 is 5.89. The van der Waals surface area contributed by atoms with Crippen molar-refractivity contribution >= 4 is 29.1 Å². The Labute approximate surface area is 189 Å². The number of hydrogen-bond acceptors (Lipinski definition) is 5. The molecule has 0 saturated heterocycles. The molecule has 0 atom stereocenters. The maximum atomic E-state index is 12.7. The number of nitrogens with one attached hydrogen (secondary N) is 1. The van der Waals surface area contributed by atoms with Gasteiger partial charge in [0.1, 0.15) is 5.75 Å². The van der Waals surface area contributed by atoms with Crippen LogP contribution in [0.5, 0.6) is 17.2 Å². The van der Waals surface area contributed by atoms with E-state index in [9.17, 15) is 9.59 Å². The predicted octanol–water partition coefficient (Wildman–Crippen LogP) is 4.24. The molecule has 3 aromatic carbocycles. The zero-order chi connectivity index (χ0) is 22.1. The molecule has 0 unspecified atom stereocenters. The number of ether oxygens (including phenoxy) is 3. The van der Waals surface area contributed by atoms with Gasteiger partial charge in [-0.3, -0.25) is 9.59 Å². The summed E-state index contributed by atoms with van der Waals surface area (Å²) in [6.07, 6.45) is 0. The number of benzene rings is 3. The second-order valence-electron chi connectivity index (χ2n) is 7.51. The SMILES string of the molecule is O=C(Nc1ccc2c(c1)CN(Cc1ccc3c(c1)OCO3)C(=O)CO2)c1ccc(Cl)cc1. The van der Waals surface area contributed by atoms with Crippen molar-refractivity contribution in [3.63, 3.8) is 0 Å². The number of carbonyl (C=O) groups is 2. The molecule has 2 heterocycles. The summed E-state index contributed by atoms with van der Waals surface area (Å²) < 4.78 is 16.5. The highest BCUT2D eigenvalue weighted by Gasteiger charge is 2.23. The Morgan fingerprint density at radius 3 is 2.56 bits per heavy atom. The van der Waals surface area contributed by atoms with Gasteiger partial charge in [-0.25, -0.2) is 0 Å². The lowest BCUT2D eigenvalue weighted by Crippen LogP contribution is -2.31. The molecule has 0 saturated carbocycles. The minimum absolute atomic E-state index is 0.0476. The average Bonchev–Trinajstić information content (AvgIpc) is 3.20. The van der Waals surface area contributed by atoms with Crippen LogP contribution in [0.15, 0.2) is 60.7 Å². The fourth-order valence-electron chi connectivity index (χ4n) is 3.65. The second kappa shape index (κ2) is 8.43. The quantitative estimate of drug-likeness (QED) is 0.643. The van der Waals surface area contributed by atoms with Crippen molar-refractivity contribution in [2.24, 2.45) is 0 Å². The van der Waals surface area contributed by atoms with Gasteiger partial charge < -0.3 is 24.4 Å². The Bertz CT molecular complexity index is 1200. The van der Waals surface area contributed by atoms with Crippen molar-refractivity contribution in [2.75, 3.05) is 18.7 Å². The molecular weight excluding hydrogens is 432 g/mol. The van der Waals surface area contributed by atoms with Gasteiger partial charge in [0.05, 0.1) is 0 Å². The zero-order valence-corrected chi connectivity index (χ0v) is 17.7. The number of anilines is 1. The second-order valence-corrected chi connectivity index (χ2v) is 7.95. The van der Waals surface area contributed by atoms with Crippen LogP contribution in [-0.4, -0.2) is 30.1 Å². The topological polar surface area (TPSA) is 77.1 Å². The van der Waals surface area contributed by atoms with E-state index >= 15 is 0 Å². The van der Waals surface area contributed by atoms with Crippen LogP contribution >= 0.6 is 11.6 Å². The number of rotatable bonds is 4. The summed E-state index contributed by atoms with van der Waals surface area (Å²) in [6, 6.07) is 17.6. The third-order valence-corrected chi connectivity index (χ3v) is 5.55. The van der Waals surface area contributed by atoms with Gasteiger partial charge in [-0.05, 0) is 60.2 Å². The molecule has 0 aliphatic carbocycles. The van der Waals surface area contributed by atoms with Gasteiger partial charge in [-0.15, -0.1) is 0 Å². The van der Waals surface area contributed by atoms with E-state index in [0.29, 0.717) is 46.6 Å². The molecule has 0 spiro atoms. The van der Waals surface area contributed by atoms with Gasteiger partial charge in [0.15, 0.2) is 18.1 Å². The standard InChI is InChI=1S/C24H19ClN2O5/c25-18-4-2-16(3-5-18)24(29)26-19-6-8-20-17(10-19)12-27(23(28)13-30-20)11-15-1-7-21-22(9-15)32-14-31-21/h1-10H,11-14H2,(H,26,29). The van der Waals surface area contributed by atoms with E-state index in [1.54, 1.807) is 41.3 Å². The Hall–Kier alpha value is -3.71. The smallest absolute Gasteiger partial charge is 0.261 e. The first kappa shape index (κ1) is 20.2. The lowest BCUT2D eigenvalue weighted by Gasteiger charge is -2.20. The molecule has 2 aliphatic rings. The van der Waals surface area contributed by atoms with Gasteiger partial charge in [0.25, 0.3) is 11.8 Å². The van der Waals surface area contributed by atoms with Gasteiger partial charge >= 0.3 is 0 Å². The first-order valence-corrected chi connectivity index (χ1v) is 10.4. The minimum Gasteiger partial charge on any atom is -0.483 e. The molecule has 162 valence electrons. The summed E-state index contributed by atoms with van der Waals surface area (Å²) in [6.45, 7) is 0.911. The molecule has 0 bridgehead atoms. The van der Waals surface area contributed by atoms with Crippen LogP contribution in [0, 0.1) is 0 Å². The van der Waals surface area contributed by atoms with Gasteiger partial charge in [0.2, 0.25) is 6.79 Å². The lowest BCUT2D eigenvalue weighted by molar-refractivity contribution is -0.133. The Kier molecular flexibility index (Phi) is 5.33. The number of carbonyl (C=O) groups excluding carboxylic acids is 2. The summed E-state index contributed by atoms with van der Waals surface area (Å²) in [5, 5.41) is 3.45. The molecule has 7 nitrogen and oxygen atoms in total. The van der Waals surface area contributed by atoms with Gasteiger partial charge in [-0.1, -0.05) is 17.7 Å². The van der Waals surface area contributed by atoms with Crippen LogP contribution in [0.4, 0.5) is 5.69 Å². The number of nitrogens with zero attached hydrogens (tertiary/aromatic N) is 1. The molecule has 0 fully saturated rings. The fourth-order valence-corrected chi connectivity index (χ4v) is 3.78. The Morgan fingerprint density at radius 1 is 0.938 bits per heavy atom. The average molecular weight is 451 g/mol. The summed E-state index contributed by atoms with van der Waals surface area (Å²) in [5.41, 5.74) is 2.86. The van der Waals surface area contributed by atoms with Crippen molar-refractivity contribution in [2.45, 2.75) is 13.1 Å². The first-order valence-electron chi connectivity index (χ1n) is 10.0.